The number of nitrogens with zero attached hydrogens (tertiary/aromatic N) is 1. The van der Waals surface area contributed by atoms with Crippen LogP contribution in [0.4, 0.5) is 5.69 Å². The summed E-state index contributed by atoms with van der Waals surface area (Å²) in [6.07, 6.45) is 1.89. The third kappa shape index (κ3) is 3.95. The van der Waals surface area contributed by atoms with E-state index in [9.17, 15) is 9.59 Å². The molecular weight excluding hydrogens is 290 g/mol. The van der Waals surface area contributed by atoms with Gasteiger partial charge in [0.2, 0.25) is 5.91 Å². The van der Waals surface area contributed by atoms with Gasteiger partial charge in [0.1, 0.15) is 0 Å². The molecule has 0 radical (unpaired) electrons. The van der Waals surface area contributed by atoms with Crippen molar-refractivity contribution in [2.24, 2.45) is 5.92 Å². The second kappa shape index (κ2) is 6.91. The number of halogens is 1. The van der Waals surface area contributed by atoms with Crippen molar-refractivity contribution in [3.05, 3.63) is 28.8 Å². The largest absolute Gasteiger partial charge is 0.345 e. The van der Waals surface area contributed by atoms with E-state index in [4.69, 9.17) is 11.6 Å². The van der Waals surface area contributed by atoms with Crippen LogP contribution in [0.15, 0.2) is 18.2 Å². The Balaban J connectivity index is 2.11. The lowest BCUT2D eigenvalue weighted by Gasteiger charge is -2.22. The predicted molar refractivity (Wildman–Crippen MR) is 83.7 cm³/mol. The molecule has 5 nitrogen and oxygen atoms in total. The van der Waals surface area contributed by atoms with Crippen LogP contribution in [0.2, 0.25) is 5.02 Å². The van der Waals surface area contributed by atoms with Gasteiger partial charge in [0.15, 0.2) is 0 Å². The lowest BCUT2D eigenvalue weighted by atomic mass is 9.98. The average molecular weight is 310 g/mol. The fourth-order valence-electron chi connectivity index (χ4n) is 2.33. The van der Waals surface area contributed by atoms with Crippen LogP contribution in [0.5, 0.6) is 0 Å². The summed E-state index contributed by atoms with van der Waals surface area (Å²) in [5, 5.41) is 6.46. The number of carbonyl (C=O) groups excluding carboxylic acids is 2. The highest BCUT2D eigenvalue weighted by molar-refractivity contribution is 6.34. The van der Waals surface area contributed by atoms with Crippen LogP contribution in [-0.2, 0) is 4.79 Å². The molecule has 1 fully saturated rings. The molecule has 21 heavy (non-hydrogen) atoms. The standard InChI is InChI=1S/C15H20ClN3O2/c1-19(2)15(21)12-8-11(5-6-13(12)16)18-14(20)10-4-3-7-17-9-10/h5-6,8,10,17H,3-4,7,9H2,1-2H3,(H,18,20)/t10-/m1/s1. The fourth-order valence-corrected chi connectivity index (χ4v) is 2.53. The molecule has 1 atom stereocenters. The van der Waals surface area contributed by atoms with E-state index in [1.54, 1.807) is 32.3 Å². The van der Waals surface area contributed by atoms with E-state index in [-0.39, 0.29) is 17.7 Å². The normalized spacial score (nSPS) is 18.1. The van der Waals surface area contributed by atoms with Crippen LogP contribution in [-0.4, -0.2) is 43.9 Å². The Morgan fingerprint density at radius 3 is 2.76 bits per heavy atom. The van der Waals surface area contributed by atoms with Crippen molar-refractivity contribution < 1.29 is 9.59 Å². The molecule has 0 aliphatic carbocycles. The van der Waals surface area contributed by atoms with Gasteiger partial charge in [-0.15, -0.1) is 0 Å². The molecule has 2 rings (SSSR count). The number of anilines is 1. The quantitative estimate of drug-likeness (QED) is 0.897. The first-order valence-corrected chi connectivity index (χ1v) is 7.39. The number of hydrogen-bond acceptors (Lipinski definition) is 3. The topological polar surface area (TPSA) is 61.4 Å². The molecule has 0 bridgehead atoms. The van der Waals surface area contributed by atoms with Crippen molar-refractivity contribution in [3.8, 4) is 0 Å². The van der Waals surface area contributed by atoms with Crippen LogP contribution < -0.4 is 10.6 Å². The SMILES string of the molecule is CN(C)C(=O)c1cc(NC(=O)[C@@H]2CCCNC2)ccc1Cl. The summed E-state index contributed by atoms with van der Waals surface area (Å²) in [6.45, 7) is 1.66. The Morgan fingerprint density at radius 1 is 1.38 bits per heavy atom. The molecule has 0 spiro atoms. The maximum atomic E-state index is 12.2. The van der Waals surface area contributed by atoms with Gasteiger partial charge in [0, 0.05) is 26.3 Å². The Morgan fingerprint density at radius 2 is 2.14 bits per heavy atom. The molecule has 1 aliphatic heterocycles. The second-order valence-electron chi connectivity index (χ2n) is 5.43. The van der Waals surface area contributed by atoms with Gasteiger partial charge in [-0.1, -0.05) is 11.6 Å². The van der Waals surface area contributed by atoms with Gasteiger partial charge in [-0.3, -0.25) is 9.59 Å². The average Bonchev–Trinajstić information content (AvgIpc) is 2.49. The second-order valence-corrected chi connectivity index (χ2v) is 5.83. The third-order valence-electron chi connectivity index (χ3n) is 3.54. The van der Waals surface area contributed by atoms with Crippen molar-refractivity contribution in [2.45, 2.75) is 12.8 Å². The van der Waals surface area contributed by atoms with Crippen molar-refractivity contribution in [3.63, 3.8) is 0 Å². The zero-order valence-electron chi connectivity index (χ0n) is 12.3. The molecule has 1 aromatic carbocycles. The monoisotopic (exact) mass is 309 g/mol. The van der Waals surface area contributed by atoms with Crippen molar-refractivity contribution in [1.29, 1.82) is 0 Å². The van der Waals surface area contributed by atoms with Gasteiger partial charge in [0.05, 0.1) is 16.5 Å². The Hall–Kier alpha value is -1.59. The van der Waals surface area contributed by atoms with Crippen LogP contribution in [0, 0.1) is 5.92 Å². The summed E-state index contributed by atoms with van der Waals surface area (Å²) < 4.78 is 0. The molecule has 1 heterocycles. The smallest absolute Gasteiger partial charge is 0.254 e. The predicted octanol–water partition coefficient (Wildman–Crippen LogP) is 1.98. The summed E-state index contributed by atoms with van der Waals surface area (Å²) in [4.78, 5) is 25.7. The summed E-state index contributed by atoms with van der Waals surface area (Å²) in [7, 11) is 3.33. The molecule has 0 saturated carbocycles. The van der Waals surface area contributed by atoms with Crippen molar-refractivity contribution in [1.82, 2.24) is 10.2 Å². The fraction of sp³-hybridized carbons (Fsp3) is 0.467. The van der Waals surface area contributed by atoms with E-state index < -0.39 is 0 Å². The minimum Gasteiger partial charge on any atom is -0.345 e. The number of carbonyl (C=O) groups is 2. The lowest BCUT2D eigenvalue weighted by molar-refractivity contribution is -0.120. The van der Waals surface area contributed by atoms with Crippen LogP contribution in [0.3, 0.4) is 0 Å². The van der Waals surface area contributed by atoms with Crippen LogP contribution in [0.25, 0.3) is 0 Å². The van der Waals surface area contributed by atoms with Gasteiger partial charge < -0.3 is 15.5 Å². The van der Waals surface area contributed by atoms with Crippen molar-refractivity contribution in [2.75, 3.05) is 32.5 Å². The van der Waals surface area contributed by atoms with Gasteiger partial charge in [-0.25, -0.2) is 0 Å². The lowest BCUT2D eigenvalue weighted by Crippen LogP contribution is -2.37. The molecule has 2 N–H and O–H groups in total. The number of nitrogens with one attached hydrogen (secondary N) is 2. The number of benzene rings is 1. The highest BCUT2D eigenvalue weighted by Gasteiger charge is 2.21. The first kappa shape index (κ1) is 15.8. The maximum Gasteiger partial charge on any atom is 0.254 e. The number of rotatable bonds is 3. The molecule has 1 saturated heterocycles. The third-order valence-corrected chi connectivity index (χ3v) is 3.87. The Labute approximate surface area is 129 Å². The Bertz CT molecular complexity index is 540. The Kier molecular flexibility index (Phi) is 5.20. The van der Waals surface area contributed by atoms with E-state index >= 15 is 0 Å². The number of hydrogen-bond donors (Lipinski definition) is 2. The molecule has 114 valence electrons. The minimum atomic E-state index is -0.185. The molecule has 0 unspecified atom stereocenters. The van der Waals surface area contributed by atoms with Gasteiger partial charge in [0.25, 0.3) is 5.91 Å². The van der Waals surface area contributed by atoms with E-state index in [1.165, 1.54) is 4.90 Å². The molecule has 1 aromatic rings. The summed E-state index contributed by atoms with van der Waals surface area (Å²) in [5.41, 5.74) is 0.987. The number of amides is 2. The molecule has 1 aliphatic rings. The molecule has 6 heteroatoms. The summed E-state index contributed by atoms with van der Waals surface area (Å²) in [6, 6.07) is 4.97. The minimum absolute atomic E-state index is 0.0206. The highest BCUT2D eigenvalue weighted by atomic mass is 35.5. The highest BCUT2D eigenvalue weighted by Crippen LogP contribution is 2.22. The van der Waals surface area contributed by atoms with E-state index in [0.29, 0.717) is 22.8 Å². The summed E-state index contributed by atoms with van der Waals surface area (Å²) in [5.74, 6) is -0.231. The molecule has 2 amide bonds. The zero-order chi connectivity index (χ0) is 15.4. The molecule has 0 aromatic heterocycles. The van der Waals surface area contributed by atoms with Crippen LogP contribution >= 0.6 is 11.6 Å². The summed E-state index contributed by atoms with van der Waals surface area (Å²) >= 11 is 6.05. The first-order chi connectivity index (χ1) is 9.99. The maximum absolute atomic E-state index is 12.2. The van der Waals surface area contributed by atoms with Gasteiger partial charge in [-0.2, -0.15) is 0 Å². The first-order valence-electron chi connectivity index (χ1n) is 7.02. The van der Waals surface area contributed by atoms with E-state index in [0.717, 1.165) is 19.4 Å². The zero-order valence-corrected chi connectivity index (χ0v) is 13.0. The van der Waals surface area contributed by atoms with Gasteiger partial charge >= 0.3 is 0 Å². The van der Waals surface area contributed by atoms with Crippen LogP contribution in [0.1, 0.15) is 23.2 Å². The van der Waals surface area contributed by atoms with Crippen molar-refractivity contribution >= 4 is 29.1 Å². The van der Waals surface area contributed by atoms with E-state index in [2.05, 4.69) is 10.6 Å². The van der Waals surface area contributed by atoms with E-state index in [1.807, 2.05) is 0 Å². The van der Waals surface area contributed by atoms with Gasteiger partial charge in [-0.05, 0) is 37.6 Å². The number of piperidine rings is 1. The molecular formula is C15H20ClN3O2.